The van der Waals surface area contributed by atoms with Gasteiger partial charge >= 0.3 is 0 Å². The first kappa shape index (κ1) is 19.3. The second-order valence-electron chi connectivity index (χ2n) is 7.01. The fourth-order valence-corrected chi connectivity index (χ4v) is 5.24. The number of carbonyl (C=O) groups is 1. The van der Waals surface area contributed by atoms with Crippen molar-refractivity contribution in [3.63, 3.8) is 0 Å². The highest BCUT2D eigenvalue weighted by atomic mass is 32.2. The molecule has 0 bridgehead atoms. The van der Waals surface area contributed by atoms with Crippen molar-refractivity contribution in [2.24, 2.45) is 0 Å². The van der Waals surface area contributed by atoms with Gasteiger partial charge in [-0.3, -0.25) is 4.79 Å². The van der Waals surface area contributed by atoms with E-state index in [0.29, 0.717) is 24.7 Å². The predicted molar refractivity (Wildman–Crippen MR) is 98.4 cm³/mol. The summed E-state index contributed by atoms with van der Waals surface area (Å²) in [5.41, 5.74) is 0.442. The van der Waals surface area contributed by atoms with Crippen LogP contribution in [0, 0.1) is 0 Å². The number of likely N-dealkylation sites (tertiary alicyclic amines) is 1. The first-order valence-corrected chi connectivity index (χ1v) is 10.6. The Bertz CT molecular complexity index is 719. The molecule has 2 aliphatic rings. The molecule has 0 unspecified atom stereocenters. The Labute approximate surface area is 155 Å². The third-order valence-corrected chi connectivity index (χ3v) is 7.33. The van der Waals surface area contributed by atoms with Crippen molar-refractivity contribution in [1.29, 1.82) is 0 Å². The summed E-state index contributed by atoms with van der Waals surface area (Å²) in [5, 5.41) is 12.2. The van der Waals surface area contributed by atoms with Crippen molar-refractivity contribution >= 4 is 15.9 Å². The molecule has 2 N–H and O–H groups in total. The highest BCUT2D eigenvalue weighted by Crippen LogP contribution is 2.25. The maximum Gasteiger partial charge on any atom is 0.251 e. The normalized spacial score (nSPS) is 21.6. The van der Waals surface area contributed by atoms with Crippen LogP contribution < -0.4 is 5.32 Å². The van der Waals surface area contributed by atoms with Gasteiger partial charge in [0.2, 0.25) is 10.0 Å². The molecule has 0 saturated carbocycles. The highest BCUT2D eigenvalue weighted by Gasteiger charge is 2.32. The molecule has 0 spiro atoms. The van der Waals surface area contributed by atoms with Gasteiger partial charge in [-0.05, 0) is 49.9 Å². The molecule has 2 aliphatic heterocycles. The summed E-state index contributed by atoms with van der Waals surface area (Å²) in [6.07, 6.45) is 3.04. The molecule has 144 valence electrons. The molecule has 3 rings (SSSR count). The van der Waals surface area contributed by atoms with Crippen LogP contribution >= 0.6 is 0 Å². The number of carbonyl (C=O) groups excluding carboxylic acids is 1. The molecule has 0 aromatic heterocycles. The Morgan fingerprint density at radius 3 is 2.15 bits per heavy atom. The smallest absolute Gasteiger partial charge is 0.251 e. The van der Waals surface area contributed by atoms with Gasteiger partial charge in [-0.1, -0.05) is 0 Å². The van der Waals surface area contributed by atoms with E-state index >= 15 is 0 Å². The van der Waals surface area contributed by atoms with Gasteiger partial charge in [0.25, 0.3) is 5.91 Å². The molecule has 0 aliphatic carbocycles. The number of aliphatic hydroxyl groups is 1. The predicted octanol–water partition coefficient (Wildman–Crippen LogP) is 0.656. The van der Waals surface area contributed by atoms with Crippen LogP contribution in [-0.4, -0.2) is 74.0 Å². The Balaban J connectivity index is 1.61. The van der Waals surface area contributed by atoms with Gasteiger partial charge in [0, 0.05) is 44.8 Å². The highest BCUT2D eigenvalue weighted by molar-refractivity contribution is 7.89. The van der Waals surface area contributed by atoms with E-state index in [4.69, 9.17) is 0 Å². The standard InChI is InChI=1S/C18H27N3O4S/c1-19-18(23)14-2-4-17(5-3-14)26(24,25)21-12-6-15(7-13-21)20-10-8-16(22)9-11-20/h2-5,15-16,22H,6-13H2,1H3,(H,19,23). The average Bonchev–Trinajstić information content (AvgIpc) is 2.68. The van der Waals surface area contributed by atoms with E-state index in [1.165, 1.54) is 28.6 Å². The van der Waals surface area contributed by atoms with Gasteiger partial charge in [0.15, 0.2) is 0 Å². The molecular formula is C18H27N3O4S. The molecule has 2 fully saturated rings. The molecular weight excluding hydrogens is 354 g/mol. The van der Waals surface area contributed by atoms with E-state index in [0.717, 1.165) is 38.8 Å². The van der Waals surface area contributed by atoms with Crippen LogP contribution in [0.2, 0.25) is 0 Å². The molecule has 0 atom stereocenters. The lowest BCUT2D eigenvalue weighted by Gasteiger charge is -2.40. The zero-order chi connectivity index (χ0) is 18.7. The molecule has 8 heteroatoms. The lowest BCUT2D eigenvalue weighted by Crippen LogP contribution is -2.49. The van der Waals surface area contributed by atoms with E-state index < -0.39 is 10.0 Å². The van der Waals surface area contributed by atoms with Gasteiger partial charge in [0.05, 0.1) is 11.0 Å². The fourth-order valence-electron chi connectivity index (χ4n) is 3.77. The largest absolute Gasteiger partial charge is 0.393 e. The van der Waals surface area contributed by atoms with Crippen LogP contribution in [0.3, 0.4) is 0 Å². The van der Waals surface area contributed by atoms with Crippen LogP contribution in [0.15, 0.2) is 29.2 Å². The summed E-state index contributed by atoms with van der Waals surface area (Å²) in [4.78, 5) is 14.2. The third-order valence-electron chi connectivity index (χ3n) is 5.42. The Morgan fingerprint density at radius 2 is 1.62 bits per heavy atom. The lowest BCUT2D eigenvalue weighted by molar-refractivity contribution is 0.0468. The molecule has 1 amide bonds. The Kier molecular flexibility index (Phi) is 5.96. The van der Waals surface area contributed by atoms with Crippen molar-refractivity contribution in [2.75, 3.05) is 33.2 Å². The SMILES string of the molecule is CNC(=O)c1ccc(S(=O)(=O)N2CCC(N3CCC(O)CC3)CC2)cc1. The summed E-state index contributed by atoms with van der Waals surface area (Å²) < 4.78 is 27.2. The van der Waals surface area contributed by atoms with Crippen molar-refractivity contribution in [3.05, 3.63) is 29.8 Å². The molecule has 2 heterocycles. The maximum atomic E-state index is 12.8. The Morgan fingerprint density at radius 1 is 1.04 bits per heavy atom. The topological polar surface area (TPSA) is 90.0 Å². The van der Waals surface area contributed by atoms with Gasteiger partial charge in [-0.25, -0.2) is 8.42 Å². The molecule has 2 saturated heterocycles. The Hall–Kier alpha value is -1.48. The summed E-state index contributed by atoms with van der Waals surface area (Å²) >= 11 is 0. The molecule has 7 nitrogen and oxygen atoms in total. The zero-order valence-electron chi connectivity index (χ0n) is 15.1. The third kappa shape index (κ3) is 4.09. The summed E-state index contributed by atoms with van der Waals surface area (Å²) in [7, 11) is -1.99. The lowest BCUT2D eigenvalue weighted by atomic mass is 10.00. The molecule has 1 aromatic carbocycles. The minimum Gasteiger partial charge on any atom is -0.393 e. The maximum absolute atomic E-state index is 12.8. The number of sulfonamides is 1. The number of rotatable bonds is 4. The minimum atomic E-state index is -3.53. The van der Waals surface area contributed by atoms with Gasteiger partial charge in [-0.15, -0.1) is 0 Å². The van der Waals surface area contributed by atoms with Crippen LogP contribution in [0.1, 0.15) is 36.0 Å². The number of aliphatic hydroxyl groups excluding tert-OH is 1. The van der Waals surface area contributed by atoms with Crippen molar-refractivity contribution < 1.29 is 18.3 Å². The van der Waals surface area contributed by atoms with Gasteiger partial charge in [0.1, 0.15) is 0 Å². The van der Waals surface area contributed by atoms with E-state index in [-0.39, 0.29) is 16.9 Å². The second kappa shape index (κ2) is 8.04. The number of nitrogens with zero attached hydrogens (tertiary/aromatic N) is 2. The van der Waals surface area contributed by atoms with Crippen LogP contribution in [-0.2, 0) is 10.0 Å². The quantitative estimate of drug-likeness (QED) is 0.800. The minimum absolute atomic E-state index is 0.190. The summed E-state index contributed by atoms with van der Waals surface area (Å²) in [5.74, 6) is -0.235. The molecule has 26 heavy (non-hydrogen) atoms. The van der Waals surface area contributed by atoms with E-state index in [2.05, 4.69) is 10.2 Å². The first-order chi connectivity index (χ1) is 12.4. The molecule has 1 aromatic rings. The second-order valence-corrected chi connectivity index (χ2v) is 8.94. The number of piperidine rings is 2. The fraction of sp³-hybridized carbons (Fsp3) is 0.611. The monoisotopic (exact) mass is 381 g/mol. The first-order valence-electron chi connectivity index (χ1n) is 9.16. The van der Waals surface area contributed by atoms with E-state index in [1.807, 2.05) is 0 Å². The number of benzene rings is 1. The summed E-state index contributed by atoms with van der Waals surface area (Å²) in [6, 6.07) is 6.47. The van der Waals surface area contributed by atoms with Crippen LogP contribution in [0.25, 0.3) is 0 Å². The van der Waals surface area contributed by atoms with Crippen molar-refractivity contribution in [1.82, 2.24) is 14.5 Å². The average molecular weight is 381 g/mol. The van der Waals surface area contributed by atoms with Crippen molar-refractivity contribution in [3.8, 4) is 0 Å². The number of nitrogens with one attached hydrogen (secondary N) is 1. The van der Waals surface area contributed by atoms with E-state index in [9.17, 15) is 18.3 Å². The van der Waals surface area contributed by atoms with Gasteiger partial charge < -0.3 is 15.3 Å². The van der Waals surface area contributed by atoms with Gasteiger partial charge in [-0.2, -0.15) is 4.31 Å². The number of amides is 1. The number of hydrogen-bond acceptors (Lipinski definition) is 5. The van der Waals surface area contributed by atoms with Crippen molar-refractivity contribution in [2.45, 2.75) is 42.7 Å². The molecule has 0 radical (unpaired) electrons. The zero-order valence-corrected chi connectivity index (χ0v) is 15.9. The van der Waals surface area contributed by atoms with Crippen LogP contribution in [0.4, 0.5) is 0 Å². The van der Waals surface area contributed by atoms with E-state index in [1.54, 1.807) is 7.05 Å². The van der Waals surface area contributed by atoms with Crippen LogP contribution in [0.5, 0.6) is 0 Å². The number of hydrogen-bond donors (Lipinski definition) is 2. The summed E-state index contributed by atoms with van der Waals surface area (Å²) in [6.45, 7) is 2.78.